The Labute approximate surface area is 156 Å². The van der Waals surface area contributed by atoms with Crippen LogP contribution in [-0.4, -0.2) is 22.6 Å². The number of fused-ring (bicyclic) bond motifs is 1. The molecule has 2 N–H and O–H groups in total. The molecule has 1 heterocycles. The van der Waals surface area contributed by atoms with E-state index in [2.05, 4.69) is 4.98 Å². The van der Waals surface area contributed by atoms with E-state index in [4.69, 9.17) is 10.5 Å². The molecule has 1 aromatic heterocycles. The van der Waals surface area contributed by atoms with Crippen molar-refractivity contribution in [2.45, 2.75) is 13.0 Å². The standard InChI is InChI=1S/C17H16FN3O2.2ClH/c1-10(19)16-20-13-9-8-12(18)14(17(22)23-2)15(13)21(16)11-6-4-3-5-7-11;;/h3-10H,19H2,1-2H3;2*1H/t10-;;/m0../s1. The van der Waals surface area contributed by atoms with Gasteiger partial charge in [-0.1, -0.05) is 18.2 Å². The number of ether oxygens (including phenoxy) is 1. The number of carbonyl (C=O) groups is 1. The highest BCUT2D eigenvalue weighted by molar-refractivity contribution is 6.03. The van der Waals surface area contributed by atoms with Gasteiger partial charge < -0.3 is 10.5 Å². The minimum atomic E-state index is -0.749. The molecule has 3 rings (SSSR count). The zero-order valence-electron chi connectivity index (χ0n) is 13.6. The van der Waals surface area contributed by atoms with Gasteiger partial charge in [-0.15, -0.1) is 24.8 Å². The first-order valence-electron chi connectivity index (χ1n) is 7.14. The topological polar surface area (TPSA) is 70.1 Å². The van der Waals surface area contributed by atoms with Crippen LogP contribution in [0.1, 0.15) is 29.1 Å². The van der Waals surface area contributed by atoms with Gasteiger partial charge in [0.1, 0.15) is 17.2 Å². The van der Waals surface area contributed by atoms with Crippen LogP contribution in [0.2, 0.25) is 0 Å². The molecule has 0 amide bonds. The van der Waals surface area contributed by atoms with Gasteiger partial charge in [0, 0.05) is 5.69 Å². The summed E-state index contributed by atoms with van der Waals surface area (Å²) in [4.78, 5) is 16.5. The molecule has 0 unspecified atom stereocenters. The van der Waals surface area contributed by atoms with Gasteiger partial charge in [-0.2, -0.15) is 0 Å². The minimum Gasteiger partial charge on any atom is -0.465 e. The maximum atomic E-state index is 14.3. The molecular formula is C17H18Cl2FN3O2. The summed E-state index contributed by atoms with van der Waals surface area (Å²) in [7, 11) is 1.22. The Hall–Kier alpha value is -2.15. The highest BCUT2D eigenvalue weighted by Gasteiger charge is 2.24. The molecule has 2 aromatic carbocycles. The van der Waals surface area contributed by atoms with Crippen molar-refractivity contribution in [2.24, 2.45) is 5.73 Å². The van der Waals surface area contributed by atoms with E-state index < -0.39 is 17.8 Å². The Kier molecular flexibility index (Phi) is 6.93. The van der Waals surface area contributed by atoms with Crippen LogP contribution in [-0.2, 0) is 4.74 Å². The third kappa shape index (κ3) is 3.61. The third-order valence-electron chi connectivity index (χ3n) is 3.60. The fourth-order valence-electron chi connectivity index (χ4n) is 2.60. The van der Waals surface area contributed by atoms with Crippen LogP contribution in [0, 0.1) is 5.82 Å². The number of aromatic nitrogens is 2. The summed E-state index contributed by atoms with van der Waals surface area (Å²) in [5.41, 5.74) is 7.47. The van der Waals surface area contributed by atoms with E-state index >= 15 is 0 Å². The van der Waals surface area contributed by atoms with E-state index in [0.717, 1.165) is 5.69 Å². The van der Waals surface area contributed by atoms with Crippen LogP contribution in [0.4, 0.5) is 4.39 Å². The van der Waals surface area contributed by atoms with Gasteiger partial charge >= 0.3 is 5.97 Å². The van der Waals surface area contributed by atoms with Gasteiger partial charge in [0.2, 0.25) is 0 Å². The molecule has 8 heteroatoms. The van der Waals surface area contributed by atoms with Crippen molar-refractivity contribution in [1.29, 1.82) is 0 Å². The maximum Gasteiger partial charge on any atom is 0.343 e. The normalized spacial score (nSPS) is 11.4. The molecule has 0 fully saturated rings. The minimum absolute atomic E-state index is 0. The first-order chi connectivity index (χ1) is 11.0. The lowest BCUT2D eigenvalue weighted by Gasteiger charge is -2.13. The molecule has 0 aliphatic heterocycles. The number of nitrogens with zero attached hydrogens (tertiary/aromatic N) is 2. The van der Waals surface area contributed by atoms with Crippen molar-refractivity contribution in [3.05, 3.63) is 59.7 Å². The second-order valence-electron chi connectivity index (χ2n) is 5.21. The molecular weight excluding hydrogens is 368 g/mol. The molecule has 0 aliphatic rings. The van der Waals surface area contributed by atoms with Gasteiger partial charge in [0.15, 0.2) is 0 Å². The molecule has 0 bridgehead atoms. The van der Waals surface area contributed by atoms with Crippen LogP contribution < -0.4 is 5.73 Å². The number of para-hydroxylation sites is 1. The summed E-state index contributed by atoms with van der Waals surface area (Å²) in [6.07, 6.45) is 0. The average molecular weight is 386 g/mol. The summed E-state index contributed by atoms with van der Waals surface area (Å²) in [6.45, 7) is 1.79. The van der Waals surface area contributed by atoms with Gasteiger partial charge in [-0.3, -0.25) is 4.57 Å². The zero-order valence-corrected chi connectivity index (χ0v) is 15.2. The fourth-order valence-corrected chi connectivity index (χ4v) is 2.60. The SMILES string of the molecule is COC(=O)c1c(F)ccc2nc([C@H](C)N)n(-c3ccccc3)c12.Cl.Cl. The van der Waals surface area contributed by atoms with E-state index in [-0.39, 0.29) is 30.4 Å². The maximum absolute atomic E-state index is 14.3. The van der Waals surface area contributed by atoms with Crippen molar-refractivity contribution in [2.75, 3.05) is 7.11 Å². The average Bonchev–Trinajstić information content (AvgIpc) is 2.94. The van der Waals surface area contributed by atoms with Crippen molar-refractivity contribution in [1.82, 2.24) is 9.55 Å². The number of hydrogen-bond acceptors (Lipinski definition) is 4. The molecule has 25 heavy (non-hydrogen) atoms. The molecule has 0 saturated carbocycles. The molecule has 0 saturated heterocycles. The Morgan fingerprint density at radius 2 is 1.84 bits per heavy atom. The number of imidazole rings is 1. The molecule has 0 aliphatic carbocycles. The molecule has 0 spiro atoms. The van der Waals surface area contributed by atoms with Crippen LogP contribution in [0.25, 0.3) is 16.7 Å². The first kappa shape index (κ1) is 20.9. The number of nitrogens with two attached hydrogens (primary N) is 1. The number of rotatable bonds is 3. The second-order valence-corrected chi connectivity index (χ2v) is 5.21. The number of methoxy groups -OCH3 is 1. The summed E-state index contributed by atoms with van der Waals surface area (Å²) < 4.78 is 20.7. The molecule has 0 radical (unpaired) electrons. The second kappa shape index (κ2) is 8.29. The predicted molar refractivity (Wildman–Crippen MR) is 99.5 cm³/mol. The Balaban J connectivity index is 0.00000156. The summed E-state index contributed by atoms with van der Waals surface area (Å²) in [5.74, 6) is -0.860. The molecule has 1 atom stereocenters. The van der Waals surface area contributed by atoms with Crippen LogP contribution in [0.3, 0.4) is 0 Å². The van der Waals surface area contributed by atoms with Gasteiger partial charge in [0.25, 0.3) is 0 Å². The number of hydrogen-bond donors (Lipinski definition) is 1. The lowest BCUT2D eigenvalue weighted by Crippen LogP contribution is -2.14. The van der Waals surface area contributed by atoms with E-state index in [0.29, 0.717) is 16.9 Å². The fraction of sp³-hybridized carbons (Fsp3) is 0.176. The largest absolute Gasteiger partial charge is 0.465 e. The summed E-state index contributed by atoms with van der Waals surface area (Å²) in [6, 6.07) is 11.6. The quantitative estimate of drug-likeness (QED) is 0.695. The van der Waals surface area contributed by atoms with Crippen molar-refractivity contribution in [3.8, 4) is 5.69 Å². The highest BCUT2D eigenvalue weighted by atomic mass is 35.5. The molecule has 3 aromatic rings. The number of halogens is 3. The summed E-state index contributed by atoms with van der Waals surface area (Å²) >= 11 is 0. The van der Waals surface area contributed by atoms with Crippen LogP contribution in [0.5, 0.6) is 0 Å². The lowest BCUT2D eigenvalue weighted by atomic mass is 10.1. The van der Waals surface area contributed by atoms with Gasteiger partial charge in [0.05, 0.1) is 24.2 Å². The van der Waals surface area contributed by atoms with Crippen molar-refractivity contribution < 1.29 is 13.9 Å². The summed E-state index contributed by atoms with van der Waals surface area (Å²) in [5, 5.41) is 0. The Bertz CT molecular complexity index is 882. The smallest absolute Gasteiger partial charge is 0.343 e. The van der Waals surface area contributed by atoms with E-state index in [9.17, 15) is 9.18 Å². The Morgan fingerprint density at radius 1 is 1.20 bits per heavy atom. The van der Waals surface area contributed by atoms with Gasteiger partial charge in [-0.05, 0) is 31.2 Å². The van der Waals surface area contributed by atoms with E-state index in [1.165, 1.54) is 19.2 Å². The van der Waals surface area contributed by atoms with E-state index in [1.54, 1.807) is 11.5 Å². The molecule has 5 nitrogen and oxygen atoms in total. The lowest BCUT2D eigenvalue weighted by molar-refractivity contribution is 0.0597. The monoisotopic (exact) mass is 385 g/mol. The van der Waals surface area contributed by atoms with Gasteiger partial charge in [-0.25, -0.2) is 14.2 Å². The number of carbonyl (C=O) groups excluding carboxylic acids is 1. The third-order valence-corrected chi connectivity index (χ3v) is 3.60. The number of benzene rings is 2. The van der Waals surface area contributed by atoms with Crippen LogP contribution in [0.15, 0.2) is 42.5 Å². The van der Waals surface area contributed by atoms with Crippen molar-refractivity contribution >= 4 is 41.8 Å². The van der Waals surface area contributed by atoms with Crippen molar-refractivity contribution in [3.63, 3.8) is 0 Å². The zero-order chi connectivity index (χ0) is 16.6. The Morgan fingerprint density at radius 3 is 2.40 bits per heavy atom. The first-order valence-corrected chi connectivity index (χ1v) is 7.14. The van der Waals surface area contributed by atoms with E-state index in [1.807, 2.05) is 30.3 Å². The highest BCUT2D eigenvalue weighted by Crippen LogP contribution is 2.29. The number of esters is 1. The predicted octanol–water partition coefficient (Wildman–Crippen LogP) is 3.81. The van der Waals surface area contributed by atoms with Crippen LogP contribution >= 0.6 is 24.8 Å². The molecule has 134 valence electrons.